The van der Waals surface area contributed by atoms with Crippen molar-refractivity contribution in [3.63, 3.8) is 0 Å². The first-order valence-electron chi connectivity index (χ1n) is 28.3. The molecule has 41 heteroatoms. The fourth-order valence-electron chi connectivity index (χ4n) is 11.0. The Morgan fingerprint density at radius 2 is 0.901 bits per heavy atom. The number of hydrogen-bond donors (Lipinski definition) is 25. The Bertz CT molecular complexity index is 2390. The quantitative estimate of drug-likeness (QED) is 0.0318. The molecule has 3 unspecified atom stereocenters. The van der Waals surface area contributed by atoms with Crippen LogP contribution in [0.1, 0.15) is 40.5 Å². The first kappa shape index (κ1) is 77.4. The third-order valence-corrected chi connectivity index (χ3v) is 15.6. The summed E-state index contributed by atoms with van der Waals surface area (Å²) in [5.74, 6) is -14.3. The van der Waals surface area contributed by atoms with Crippen molar-refractivity contribution in [2.45, 2.75) is 229 Å². The maximum absolute atomic E-state index is 13.1. The third-order valence-electron chi connectivity index (χ3n) is 15.6. The number of nitrogens with one attached hydrogen (secondary N) is 4. The Kier molecular flexibility index (Phi) is 28.4. The van der Waals surface area contributed by atoms with Crippen LogP contribution in [0.25, 0.3) is 0 Å². The molecule has 4 amide bonds. The number of aliphatic hydroxyl groups excluding tert-OH is 19. The molecular formula is C50H84N4O37. The summed E-state index contributed by atoms with van der Waals surface area (Å²) >= 11 is 0. The van der Waals surface area contributed by atoms with Crippen molar-refractivity contribution in [1.29, 1.82) is 0 Å². The van der Waals surface area contributed by atoms with Crippen LogP contribution in [-0.2, 0) is 76.1 Å². The number of ether oxygens (including phenoxy) is 10. The van der Waals surface area contributed by atoms with Gasteiger partial charge >= 0.3 is 11.9 Å². The van der Waals surface area contributed by atoms with E-state index in [-0.39, 0.29) is 0 Å². The van der Waals surface area contributed by atoms with Gasteiger partial charge in [-0.15, -0.1) is 0 Å². The molecule has 31 atom stereocenters. The molecule has 25 N–H and O–H groups in total. The van der Waals surface area contributed by atoms with Crippen molar-refractivity contribution in [2.75, 3.05) is 46.2 Å². The highest BCUT2D eigenvalue weighted by Crippen LogP contribution is 2.41. The average Bonchev–Trinajstić information content (AvgIpc) is 0.777. The van der Waals surface area contributed by atoms with Gasteiger partial charge in [-0.05, 0) is 0 Å². The van der Waals surface area contributed by atoms with Crippen LogP contribution >= 0.6 is 0 Å². The minimum Gasteiger partial charge on any atom is -0.477 e. The minimum atomic E-state index is -3.27. The Labute approximate surface area is 515 Å². The summed E-state index contributed by atoms with van der Waals surface area (Å²) in [5.41, 5.74) is 0. The summed E-state index contributed by atoms with van der Waals surface area (Å²) in [6.07, 6.45) is -57.3. The van der Waals surface area contributed by atoms with Crippen LogP contribution in [0.4, 0.5) is 0 Å². The highest BCUT2D eigenvalue weighted by molar-refractivity contribution is 5.78. The highest BCUT2D eigenvalue weighted by atomic mass is 16.8. The maximum Gasteiger partial charge on any atom is 0.364 e. The number of aliphatic hydroxyl groups is 19. The van der Waals surface area contributed by atoms with E-state index in [1.807, 2.05) is 0 Å². The molecule has 0 radical (unpaired) electrons. The number of amides is 4. The molecule has 0 bridgehead atoms. The molecule has 5 heterocycles. The van der Waals surface area contributed by atoms with E-state index in [9.17, 15) is 136 Å². The topological polar surface area (TPSA) is 668 Å². The van der Waals surface area contributed by atoms with Crippen molar-refractivity contribution >= 4 is 35.6 Å². The molecule has 91 heavy (non-hydrogen) atoms. The minimum absolute atomic E-state index is 0.846. The van der Waals surface area contributed by atoms with E-state index in [1.165, 1.54) is 0 Å². The molecule has 0 spiro atoms. The second-order valence-electron chi connectivity index (χ2n) is 22.4. The first-order chi connectivity index (χ1) is 42.6. The summed E-state index contributed by atoms with van der Waals surface area (Å²) < 4.78 is 56.9. The van der Waals surface area contributed by atoms with Crippen molar-refractivity contribution in [2.24, 2.45) is 0 Å². The summed E-state index contributed by atoms with van der Waals surface area (Å²) in [4.78, 5) is 75.3. The van der Waals surface area contributed by atoms with E-state index in [1.54, 1.807) is 0 Å². The summed E-state index contributed by atoms with van der Waals surface area (Å²) in [5, 5.41) is 237. The number of hydrogen-bond acceptors (Lipinski definition) is 35. The van der Waals surface area contributed by atoms with E-state index in [0.29, 0.717) is 0 Å². The van der Waals surface area contributed by atoms with Crippen LogP contribution in [-0.4, -0.2) is 378 Å². The van der Waals surface area contributed by atoms with Gasteiger partial charge in [0, 0.05) is 40.5 Å². The van der Waals surface area contributed by atoms with Gasteiger partial charge in [-0.3, -0.25) is 19.2 Å². The molecular weight excluding hydrogens is 1250 g/mol. The van der Waals surface area contributed by atoms with Crippen LogP contribution in [0.2, 0.25) is 0 Å². The van der Waals surface area contributed by atoms with Crippen LogP contribution < -0.4 is 21.3 Å². The fraction of sp³-hybridized carbons (Fsp3) is 0.880. The normalized spacial score (nSPS) is 39.8. The highest BCUT2D eigenvalue weighted by Gasteiger charge is 2.63. The number of carboxylic acids is 2. The van der Waals surface area contributed by atoms with Crippen molar-refractivity contribution < 1.29 is 183 Å². The standard InChI is InChI=1S/C50H84N4O37/c1-14(61)51-18(7-55)38(86-45-36(76)42(33(73)24(10-58)83-45)90-49(47(78)79)5-19(65)27(52-15(2)62)40(88-49)30(70)21(67)8-56)32(72)23(69)13-82-44-29(54-17(4)64)35(75)39(26(12-60)85-44)87-46-37(77)43(34(74)25(11-59)84-46)91-50(48(80)81)6-20(66)28(53-16(3)63)41(89-50)31(71)22(68)9-57/h18-46,55-60,65-77H,5-13H2,1-4H3,(H,51,61)(H,52,62)(H,53,63)(H,54,64)(H,78,79)(H,80,81)/t18-,19-,20-,21+,22+,23+,24+,25+,26+,27+,28+,29+,30+,31+,32-,33-,34-,35+,36+,37+,38+,39+,40+,41+,42-,43-,44?,45?,46?,49-,50-/m0/s1. The van der Waals surface area contributed by atoms with Crippen LogP contribution in [0.5, 0.6) is 0 Å². The zero-order chi connectivity index (χ0) is 68.5. The van der Waals surface area contributed by atoms with Gasteiger partial charge in [-0.25, -0.2) is 9.59 Å². The summed E-state index contributed by atoms with van der Waals surface area (Å²) in [6.45, 7) is -4.45. The molecule has 0 aromatic rings. The number of carboxylic acid groups (broad SMARTS) is 2. The van der Waals surface area contributed by atoms with E-state index in [0.717, 1.165) is 27.7 Å². The molecule has 5 aliphatic heterocycles. The van der Waals surface area contributed by atoms with Gasteiger partial charge in [0.2, 0.25) is 23.6 Å². The third kappa shape index (κ3) is 18.0. The number of aliphatic carboxylic acids is 2. The average molecular weight is 1330 g/mol. The Hall–Kier alpha value is -4.34. The fourth-order valence-corrected chi connectivity index (χ4v) is 11.0. The predicted molar refractivity (Wildman–Crippen MR) is 282 cm³/mol. The molecule has 0 aromatic heterocycles. The molecule has 5 aliphatic rings. The van der Waals surface area contributed by atoms with Crippen molar-refractivity contribution in [3.8, 4) is 0 Å². The SMILES string of the molecule is CC(=O)N[C@H]1[C@H]([C@H](O)[C@H](O)CO)O[C@@](O[C@H]2[C@@H](O)[C@@H](CO)OC(O[C@@H]([C@@H](O)[C@H](O)COC3O[C@H](CO)[C@@H](OC4O[C@H](CO)[C@H](O)[C@H](O[C@]5(C(=O)O)C[C@H](O)[C@@H](NC(C)=O)[C@H]([C@H](O)[C@H](O)CO)O5)[C@H]4O)[C@H](O)[C@H]3NC(C)=O)[C@H](CO)NC(C)=O)[C@@H]2O)(C(=O)O)C[C@@H]1O. The Balaban J connectivity index is 1.40. The smallest absolute Gasteiger partial charge is 0.364 e. The second kappa shape index (κ2) is 33.4. The van der Waals surface area contributed by atoms with Crippen LogP contribution in [0.3, 0.4) is 0 Å². The summed E-state index contributed by atoms with van der Waals surface area (Å²) in [6, 6.07) is -7.13. The molecule has 5 saturated heterocycles. The largest absolute Gasteiger partial charge is 0.477 e. The first-order valence-corrected chi connectivity index (χ1v) is 28.3. The monoisotopic (exact) mass is 1330 g/mol. The molecule has 41 nitrogen and oxygen atoms in total. The molecule has 0 aromatic carbocycles. The lowest BCUT2D eigenvalue weighted by Crippen LogP contribution is -2.71. The maximum atomic E-state index is 13.1. The summed E-state index contributed by atoms with van der Waals surface area (Å²) in [7, 11) is 0. The molecule has 5 fully saturated rings. The van der Waals surface area contributed by atoms with Crippen LogP contribution in [0.15, 0.2) is 0 Å². The zero-order valence-electron chi connectivity index (χ0n) is 49.0. The van der Waals surface area contributed by atoms with E-state index in [4.69, 9.17) is 47.4 Å². The number of rotatable bonds is 30. The van der Waals surface area contributed by atoms with E-state index < -0.39 is 284 Å². The lowest BCUT2D eigenvalue weighted by Gasteiger charge is -2.51. The Morgan fingerprint density at radius 3 is 1.29 bits per heavy atom. The van der Waals surface area contributed by atoms with Crippen molar-refractivity contribution in [3.05, 3.63) is 0 Å². The van der Waals surface area contributed by atoms with E-state index >= 15 is 0 Å². The van der Waals surface area contributed by atoms with Crippen LogP contribution in [0, 0.1) is 0 Å². The molecule has 526 valence electrons. The van der Waals surface area contributed by atoms with Gasteiger partial charge in [-0.1, -0.05) is 0 Å². The van der Waals surface area contributed by atoms with E-state index in [2.05, 4.69) is 21.3 Å². The van der Waals surface area contributed by atoms with Gasteiger partial charge in [0.15, 0.2) is 18.9 Å². The van der Waals surface area contributed by atoms with Gasteiger partial charge in [0.1, 0.15) is 128 Å². The zero-order valence-corrected chi connectivity index (χ0v) is 49.0. The van der Waals surface area contributed by atoms with Gasteiger partial charge in [-0.2, -0.15) is 0 Å². The molecule has 0 aliphatic carbocycles. The lowest BCUT2D eigenvalue weighted by atomic mass is 9.88. The lowest BCUT2D eigenvalue weighted by molar-refractivity contribution is -0.383. The second-order valence-corrected chi connectivity index (χ2v) is 22.4. The Morgan fingerprint density at radius 1 is 0.495 bits per heavy atom. The van der Waals surface area contributed by atoms with Gasteiger partial charge in [0.05, 0.1) is 76.6 Å². The predicted octanol–water partition coefficient (Wildman–Crippen LogP) is -15.5. The molecule has 5 rings (SSSR count). The van der Waals surface area contributed by atoms with Gasteiger partial charge < -0.3 is 176 Å². The number of carbonyl (C=O) groups is 6. The number of carbonyl (C=O) groups excluding carboxylic acids is 4. The van der Waals surface area contributed by atoms with Gasteiger partial charge in [0.25, 0.3) is 11.6 Å². The molecule has 0 saturated carbocycles. The van der Waals surface area contributed by atoms with Crippen molar-refractivity contribution in [1.82, 2.24) is 21.3 Å².